The quantitative estimate of drug-likeness (QED) is 0.605. The summed E-state index contributed by atoms with van der Waals surface area (Å²) in [6, 6.07) is 0. The van der Waals surface area contributed by atoms with Gasteiger partial charge in [-0.15, -0.1) is 12.4 Å². The summed E-state index contributed by atoms with van der Waals surface area (Å²) in [6.45, 7) is 1.13. The van der Waals surface area contributed by atoms with Crippen LogP contribution in [-0.4, -0.2) is 19.3 Å². The first-order chi connectivity index (χ1) is 4.61. The van der Waals surface area contributed by atoms with Gasteiger partial charge in [0, 0.05) is 0 Å². The lowest BCUT2D eigenvalue weighted by Crippen LogP contribution is -2.23. The van der Waals surface area contributed by atoms with Gasteiger partial charge < -0.3 is 5.32 Å². The first kappa shape index (κ1) is 9.13. The van der Waals surface area contributed by atoms with Crippen LogP contribution in [0.3, 0.4) is 0 Å². The molecule has 0 amide bonds. The lowest BCUT2D eigenvalue weighted by molar-refractivity contribution is -0.154. The number of nitrogens with one attached hydrogen (secondary N) is 1. The van der Waals surface area contributed by atoms with Crippen molar-refractivity contribution >= 4 is 12.4 Å². The van der Waals surface area contributed by atoms with Crippen molar-refractivity contribution in [3.8, 4) is 0 Å². The van der Waals surface area contributed by atoms with E-state index in [2.05, 4.69) is 5.32 Å². The molecule has 1 saturated heterocycles. The van der Waals surface area contributed by atoms with Crippen molar-refractivity contribution in [2.75, 3.05) is 13.1 Å². The highest BCUT2D eigenvalue weighted by atomic mass is 35.5. The molecule has 0 radical (unpaired) electrons. The Morgan fingerprint density at radius 2 is 1.55 bits per heavy atom. The Kier molecular flexibility index (Phi) is 2.09. The van der Waals surface area contributed by atoms with Gasteiger partial charge in [0.15, 0.2) is 0 Å². The van der Waals surface area contributed by atoms with Gasteiger partial charge in [-0.05, 0) is 24.9 Å². The molecule has 2 aliphatic rings. The van der Waals surface area contributed by atoms with Crippen molar-refractivity contribution in [1.82, 2.24) is 5.32 Å². The molecule has 2 rings (SSSR count). The van der Waals surface area contributed by atoms with Crippen LogP contribution in [0.2, 0.25) is 0 Å². The molecule has 11 heavy (non-hydrogen) atoms. The fourth-order valence-corrected chi connectivity index (χ4v) is 1.90. The van der Waals surface area contributed by atoms with E-state index in [9.17, 15) is 13.2 Å². The van der Waals surface area contributed by atoms with Crippen LogP contribution in [0.1, 0.15) is 0 Å². The number of hydrogen-bond donors (Lipinski definition) is 1. The minimum atomic E-state index is -3.93. The highest BCUT2D eigenvalue weighted by Crippen LogP contribution is 2.56. The summed E-state index contributed by atoms with van der Waals surface area (Å²) in [5, 5.41) is 2.92. The molecule has 66 valence electrons. The molecule has 3 atom stereocenters. The van der Waals surface area contributed by atoms with Crippen LogP contribution in [0.5, 0.6) is 0 Å². The van der Waals surface area contributed by atoms with Crippen molar-refractivity contribution in [2.45, 2.75) is 6.18 Å². The Balaban J connectivity index is 0.000000605. The Bertz CT molecular complexity index is 148. The first-order valence-electron chi connectivity index (χ1n) is 3.38. The molecule has 5 heteroatoms. The number of hydrogen-bond acceptors (Lipinski definition) is 1. The first-order valence-corrected chi connectivity index (χ1v) is 3.38. The van der Waals surface area contributed by atoms with Gasteiger partial charge in [-0.1, -0.05) is 0 Å². The van der Waals surface area contributed by atoms with Gasteiger partial charge in [0.1, 0.15) is 0 Å². The lowest BCUT2D eigenvalue weighted by atomic mass is 10.3. The van der Waals surface area contributed by atoms with Crippen molar-refractivity contribution in [3.63, 3.8) is 0 Å². The Morgan fingerprint density at radius 1 is 1.09 bits per heavy atom. The molecule has 0 aromatic carbocycles. The minimum Gasteiger partial charge on any atom is -0.316 e. The molecule has 0 bridgehead atoms. The molecule has 1 N–H and O–H groups in total. The average molecular weight is 188 g/mol. The second-order valence-electron chi connectivity index (χ2n) is 3.05. The van der Waals surface area contributed by atoms with Gasteiger partial charge in [0.2, 0.25) is 0 Å². The zero-order chi connectivity index (χ0) is 7.35. The lowest BCUT2D eigenvalue weighted by Gasteiger charge is -2.07. The smallest absolute Gasteiger partial charge is 0.316 e. The van der Waals surface area contributed by atoms with Crippen LogP contribution in [0, 0.1) is 17.8 Å². The average Bonchev–Trinajstić information content (AvgIpc) is 2.30. The molecule has 2 unspecified atom stereocenters. The summed E-state index contributed by atoms with van der Waals surface area (Å²) in [6.07, 6.45) is -3.93. The molecule has 0 spiro atoms. The molecule has 0 aromatic rings. The number of alkyl halides is 3. The largest absolute Gasteiger partial charge is 0.392 e. The maximum absolute atomic E-state index is 11.9. The molecule has 1 heterocycles. The summed E-state index contributed by atoms with van der Waals surface area (Å²) in [4.78, 5) is 0. The zero-order valence-electron chi connectivity index (χ0n) is 5.69. The minimum absolute atomic E-state index is 0. The van der Waals surface area contributed by atoms with E-state index in [4.69, 9.17) is 0 Å². The van der Waals surface area contributed by atoms with Crippen molar-refractivity contribution < 1.29 is 13.2 Å². The third kappa shape index (κ3) is 1.34. The maximum Gasteiger partial charge on any atom is 0.392 e. The van der Waals surface area contributed by atoms with Gasteiger partial charge in [0.05, 0.1) is 5.92 Å². The molecule has 1 nitrogen and oxygen atoms in total. The molecular formula is C6H9ClF3N. The van der Waals surface area contributed by atoms with Crippen LogP contribution < -0.4 is 5.32 Å². The van der Waals surface area contributed by atoms with E-state index in [0.717, 1.165) is 0 Å². The third-order valence-electron chi connectivity index (χ3n) is 2.47. The second kappa shape index (κ2) is 2.52. The summed E-state index contributed by atoms with van der Waals surface area (Å²) in [7, 11) is 0. The number of piperidine rings is 1. The van der Waals surface area contributed by atoms with E-state index >= 15 is 0 Å². The van der Waals surface area contributed by atoms with Gasteiger partial charge in [-0.25, -0.2) is 0 Å². The third-order valence-corrected chi connectivity index (χ3v) is 2.47. The molecule has 1 aliphatic heterocycles. The Labute approximate surface area is 68.8 Å². The summed E-state index contributed by atoms with van der Waals surface area (Å²) in [5.41, 5.74) is 0. The Hall–Kier alpha value is 0.0400. The van der Waals surface area contributed by atoms with Crippen molar-refractivity contribution in [3.05, 3.63) is 0 Å². The predicted octanol–water partition coefficient (Wildman–Crippen LogP) is 1.44. The van der Waals surface area contributed by atoms with Crippen LogP contribution >= 0.6 is 12.4 Å². The summed E-state index contributed by atoms with van der Waals surface area (Å²) < 4.78 is 35.8. The molecule has 1 saturated carbocycles. The topological polar surface area (TPSA) is 12.0 Å². The van der Waals surface area contributed by atoms with E-state index in [0.29, 0.717) is 13.1 Å². The molecule has 2 fully saturated rings. The van der Waals surface area contributed by atoms with Crippen LogP contribution in [0.15, 0.2) is 0 Å². The van der Waals surface area contributed by atoms with Crippen LogP contribution in [-0.2, 0) is 0 Å². The fraction of sp³-hybridized carbons (Fsp3) is 1.00. The summed E-state index contributed by atoms with van der Waals surface area (Å²) >= 11 is 0. The fourth-order valence-electron chi connectivity index (χ4n) is 1.90. The standard InChI is InChI=1S/C6H8F3N.ClH/c7-6(8,9)5-3-1-10-2-4(3)5;/h3-5,10H,1-2H2;1H/t3-,4?,5?;/m0./s1. The Morgan fingerprint density at radius 3 is 1.82 bits per heavy atom. The van der Waals surface area contributed by atoms with Gasteiger partial charge in [0.25, 0.3) is 0 Å². The number of halogens is 4. The molecular weight excluding hydrogens is 179 g/mol. The van der Waals surface area contributed by atoms with E-state index < -0.39 is 12.1 Å². The van der Waals surface area contributed by atoms with Gasteiger partial charge in [-0.3, -0.25) is 0 Å². The van der Waals surface area contributed by atoms with E-state index in [1.54, 1.807) is 0 Å². The molecule has 1 aliphatic carbocycles. The number of fused-ring (bicyclic) bond motifs is 1. The SMILES string of the molecule is Cl.FC(F)(F)C1C2CNC[C@@H]21. The zero-order valence-corrected chi connectivity index (χ0v) is 6.50. The monoisotopic (exact) mass is 187 g/mol. The van der Waals surface area contributed by atoms with Crippen LogP contribution in [0.25, 0.3) is 0 Å². The highest BCUT2D eigenvalue weighted by molar-refractivity contribution is 5.85. The van der Waals surface area contributed by atoms with E-state index in [-0.39, 0.29) is 24.2 Å². The number of rotatable bonds is 0. The van der Waals surface area contributed by atoms with E-state index in [1.807, 2.05) is 0 Å². The summed E-state index contributed by atoms with van der Waals surface area (Å²) in [5.74, 6) is -1.17. The second-order valence-corrected chi connectivity index (χ2v) is 3.05. The normalized spacial score (nSPS) is 41.2. The van der Waals surface area contributed by atoms with Gasteiger partial charge in [-0.2, -0.15) is 13.2 Å². The molecule has 0 aromatic heterocycles. The predicted molar refractivity (Wildman–Crippen MR) is 36.6 cm³/mol. The maximum atomic E-state index is 11.9. The van der Waals surface area contributed by atoms with Crippen molar-refractivity contribution in [1.29, 1.82) is 0 Å². The van der Waals surface area contributed by atoms with Crippen LogP contribution in [0.4, 0.5) is 13.2 Å². The van der Waals surface area contributed by atoms with Gasteiger partial charge >= 0.3 is 6.18 Å². The van der Waals surface area contributed by atoms with E-state index in [1.165, 1.54) is 0 Å². The highest BCUT2D eigenvalue weighted by Gasteiger charge is 2.65. The van der Waals surface area contributed by atoms with Crippen molar-refractivity contribution in [2.24, 2.45) is 17.8 Å².